The molecule has 0 aliphatic rings. The van der Waals surface area contributed by atoms with Gasteiger partial charge in [-0.25, -0.2) is 4.57 Å². The molecular formula is C42H82N2O6P+. The van der Waals surface area contributed by atoms with Crippen LogP contribution in [0.25, 0.3) is 0 Å². The number of nitrogens with zero attached hydrogens (tertiary/aromatic N) is 1. The Morgan fingerprint density at radius 2 is 1.16 bits per heavy atom. The molecule has 0 aromatic heterocycles. The summed E-state index contributed by atoms with van der Waals surface area (Å²) in [6, 6.07) is -0.851. The molecule has 0 bridgehead atoms. The maximum Gasteiger partial charge on any atom is 0.472 e. The molecule has 3 unspecified atom stereocenters. The van der Waals surface area contributed by atoms with Crippen molar-refractivity contribution in [2.45, 2.75) is 187 Å². The third-order valence-electron chi connectivity index (χ3n) is 9.09. The highest BCUT2D eigenvalue weighted by atomic mass is 31.2. The molecule has 1 amide bonds. The Bertz CT molecular complexity index is 933. The number of aliphatic hydroxyl groups excluding tert-OH is 1. The molecule has 9 heteroatoms. The van der Waals surface area contributed by atoms with E-state index in [1.54, 1.807) is 6.08 Å². The van der Waals surface area contributed by atoms with Crippen LogP contribution in [0.3, 0.4) is 0 Å². The number of nitrogens with one attached hydrogen (secondary N) is 1. The first-order valence-electron chi connectivity index (χ1n) is 20.9. The van der Waals surface area contributed by atoms with Crippen molar-refractivity contribution < 1.29 is 32.9 Å². The van der Waals surface area contributed by atoms with Crippen molar-refractivity contribution in [1.29, 1.82) is 0 Å². The summed E-state index contributed by atoms with van der Waals surface area (Å²) in [7, 11) is 1.56. The number of carbonyl (C=O) groups is 1. The molecule has 0 radical (unpaired) electrons. The minimum absolute atomic E-state index is 0.0582. The van der Waals surface area contributed by atoms with Crippen LogP contribution < -0.4 is 5.32 Å². The Labute approximate surface area is 315 Å². The van der Waals surface area contributed by atoms with E-state index in [1.165, 1.54) is 83.5 Å². The fraction of sp³-hybridized carbons (Fsp3) is 0.833. The second-order valence-corrected chi connectivity index (χ2v) is 16.8. The number of unbranched alkanes of at least 4 members (excludes halogenated alkanes) is 20. The minimum atomic E-state index is -4.34. The lowest BCUT2D eigenvalue weighted by atomic mass is 10.0. The van der Waals surface area contributed by atoms with Crippen LogP contribution >= 0.6 is 7.82 Å². The zero-order valence-corrected chi connectivity index (χ0v) is 34.7. The number of carbonyl (C=O) groups excluding carboxylic acids is 1. The summed E-state index contributed by atoms with van der Waals surface area (Å²) < 4.78 is 23.5. The third-order valence-corrected chi connectivity index (χ3v) is 10.1. The highest BCUT2D eigenvalue weighted by molar-refractivity contribution is 7.47. The normalized spacial score (nSPS) is 14.9. The second kappa shape index (κ2) is 34.5. The summed E-state index contributed by atoms with van der Waals surface area (Å²) in [5, 5.41) is 13.8. The van der Waals surface area contributed by atoms with Crippen molar-refractivity contribution in [2.24, 2.45) is 0 Å². The Kier molecular flexibility index (Phi) is 33.6. The van der Waals surface area contributed by atoms with E-state index in [4.69, 9.17) is 9.05 Å². The van der Waals surface area contributed by atoms with Gasteiger partial charge in [0, 0.05) is 6.42 Å². The van der Waals surface area contributed by atoms with Crippen LogP contribution in [0.4, 0.5) is 0 Å². The Hall–Kier alpha value is -1.28. The first-order chi connectivity index (χ1) is 24.5. The van der Waals surface area contributed by atoms with Crippen molar-refractivity contribution in [3.05, 3.63) is 36.5 Å². The lowest BCUT2D eigenvalue weighted by Crippen LogP contribution is -2.45. The lowest BCUT2D eigenvalue weighted by molar-refractivity contribution is -0.870. The molecular weight excluding hydrogens is 659 g/mol. The van der Waals surface area contributed by atoms with E-state index in [9.17, 15) is 19.4 Å². The highest BCUT2D eigenvalue weighted by Crippen LogP contribution is 2.43. The number of allylic oxidation sites excluding steroid dienone is 5. The van der Waals surface area contributed by atoms with Gasteiger partial charge >= 0.3 is 7.82 Å². The molecule has 0 aromatic rings. The number of quaternary nitrogens is 1. The van der Waals surface area contributed by atoms with E-state index >= 15 is 0 Å². The number of hydrogen-bond donors (Lipinski definition) is 3. The Morgan fingerprint density at radius 1 is 0.667 bits per heavy atom. The van der Waals surface area contributed by atoms with Crippen LogP contribution in [-0.4, -0.2) is 73.4 Å². The molecule has 0 aromatic carbocycles. The molecule has 3 N–H and O–H groups in total. The van der Waals surface area contributed by atoms with Gasteiger partial charge in [0.15, 0.2) is 0 Å². The van der Waals surface area contributed by atoms with Crippen LogP contribution in [0.15, 0.2) is 36.5 Å². The van der Waals surface area contributed by atoms with Gasteiger partial charge in [0.2, 0.25) is 5.91 Å². The standard InChI is InChI=1S/C42H81N2O6P/c1-6-8-10-12-14-16-18-20-21-22-24-25-27-29-31-33-35-41(45)40(39-50-51(47,48)49-38-37-44(3,4)5)43-42(46)36-34-32-30-28-26-23-19-17-15-13-11-9-7-2/h11,13,17,19,33,35,40-41,45H,6-10,12,14-16,18,20-32,34,36-39H2,1-5H3,(H-,43,46,47,48)/p+1/b13-11-,19-17-,35-33+. The Morgan fingerprint density at radius 3 is 1.69 bits per heavy atom. The molecule has 0 fully saturated rings. The van der Waals surface area contributed by atoms with Crippen molar-refractivity contribution in [1.82, 2.24) is 5.32 Å². The van der Waals surface area contributed by atoms with E-state index in [2.05, 4.69) is 43.5 Å². The van der Waals surface area contributed by atoms with Crippen LogP contribution in [-0.2, 0) is 18.4 Å². The number of phosphoric ester groups is 1. The topological polar surface area (TPSA) is 105 Å². The summed E-state index contributed by atoms with van der Waals surface area (Å²) in [5.41, 5.74) is 0. The summed E-state index contributed by atoms with van der Waals surface area (Å²) >= 11 is 0. The molecule has 0 heterocycles. The quantitative estimate of drug-likeness (QED) is 0.0253. The fourth-order valence-electron chi connectivity index (χ4n) is 5.72. The monoisotopic (exact) mass is 742 g/mol. The number of amides is 1. The molecule has 0 aliphatic carbocycles. The molecule has 0 saturated heterocycles. The molecule has 0 aliphatic heterocycles. The smallest absolute Gasteiger partial charge is 0.387 e. The zero-order chi connectivity index (χ0) is 37.9. The second-order valence-electron chi connectivity index (χ2n) is 15.4. The minimum Gasteiger partial charge on any atom is -0.387 e. The predicted molar refractivity (Wildman–Crippen MR) is 217 cm³/mol. The van der Waals surface area contributed by atoms with Gasteiger partial charge < -0.3 is 19.8 Å². The molecule has 3 atom stereocenters. The predicted octanol–water partition coefficient (Wildman–Crippen LogP) is 11.1. The molecule has 51 heavy (non-hydrogen) atoms. The number of rotatable bonds is 37. The summed E-state index contributed by atoms with van der Waals surface area (Å²) in [6.07, 6.45) is 40.6. The van der Waals surface area contributed by atoms with Gasteiger partial charge in [0.05, 0.1) is 39.9 Å². The Balaban J connectivity index is 4.50. The highest BCUT2D eigenvalue weighted by Gasteiger charge is 2.27. The van der Waals surface area contributed by atoms with Gasteiger partial charge in [0.1, 0.15) is 13.2 Å². The van der Waals surface area contributed by atoms with Crippen LogP contribution in [0, 0.1) is 0 Å². The van der Waals surface area contributed by atoms with E-state index < -0.39 is 20.0 Å². The maximum atomic E-state index is 12.8. The van der Waals surface area contributed by atoms with E-state index in [-0.39, 0.29) is 19.1 Å². The number of hydrogen-bond acceptors (Lipinski definition) is 5. The first-order valence-corrected chi connectivity index (χ1v) is 22.4. The average Bonchev–Trinajstić information content (AvgIpc) is 3.07. The fourth-order valence-corrected chi connectivity index (χ4v) is 6.46. The number of phosphoric acid groups is 1. The van der Waals surface area contributed by atoms with Gasteiger partial charge in [-0.2, -0.15) is 0 Å². The van der Waals surface area contributed by atoms with Crippen molar-refractivity contribution in [3.63, 3.8) is 0 Å². The lowest BCUT2D eigenvalue weighted by Gasteiger charge is -2.25. The summed E-state index contributed by atoms with van der Waals surface area (Å²) in [5.74, 6) is -0.194. The SMILES string of the molecule is CCC/C=C\C/C=C\CCCCCCCC(=O)NC(COP(=O)(O)OCC[N+](C)(C)C)C(O)/C=C/CCCCCCCCCCCCCCCC. The zero-order valence-electron chi connectivity index (χ0n) is 33.8. The van der Waals surface area contributed by atoms with Crippen LogP contribution in [0.1, 0.15) is 174 Å². The number of likely N-dealkylation sites (N-methyl/N-ethyl adjacent to an activating group) is 1. The van der Waals surface area contributed by atoms with Crippen molar-refractivity contribution in [3.8, 4) is 0 Å². The van der Waals surface area contributed by atoms with E-state index in [0.29, 0.717) is 17.4 Å². The van der Waals surface area contributed by atoms with Crippen molar-refractivity contribution in [2.75, 3.05) is 40.9 Å². The largest absolute Gasteiger partial charge is 0.472 e. The van der Waals surface area contributed by atoms with Gasteiger partial charge in [-0.05, 0) is 44.9 Å². The first kappa shape index (κ1) is 49.7. The van der Waals surface area contributed by atoms with E-state index in [0.717, 1.165) is 70.6 Å². The average molecular weight is 742 g/mol. The van der Waals surface area contributed by atoms with Gasteiger partial charge in [-0.1, -0.05) is 159 Å². The van der Waals surface area contributed by atoms with Crippen LogP contribution in [0.5, 0.6) is 0 Å². The molecule has 0 saturated carbocycles. The van der Waals surface area contributed by atoms with E-state index in [1.807, 2.05) is 27.2 Å². The number of aliphatic hydroxyl groups is 1. The van der Waals surface area contributed by atoms with Gasteiger partial charge in [-0.3, -0.25) is 13.8 Å². The molecule has 0 rings (SSSR count). The van der Waals surface area contributed by atoms with Gasteiger partial charge in [0.25, 0.3) is 0 Å². The van der Waals surface area contributed by atoms with Crippen LogP contribution in [0.2, 0.25) is 0 Å². The molecule has 0 spiro atoms. The summed E-state index contributed by atoms with van der Waals surface area (Å²) in [4.78, 5) is 23.0. The summed E-state index contributed by atoms with van der Waals surface area (Å²) in [6.45, 7) is 4.72. The third kappa shape index (κ3) is 36.9. The van der Waals surface area contributed by atoms with Crippen molar-refractivity contribution >= 4 is 13.7 Å². The maximum absolute atomic E-state index is 12.8. The molecule has 8 nitrogen and oxygen atoms in total. The van der Waals surface area contributed by atoms with Gasteiger partial charge in [-0.15, -0.1) is 0 Å². The molecule has 300 valence electrons.